The minimum Gasteiger partial charge on any atom is -0.489 e. The van der Waals surface area contributed by atoms with Gasteiger partial charge >= 0.3 is 0 Å². The van der Waals surface area contributed by atoms with Gasteiger partial charge in [-0.25, -0.2) is 4.39 Å². The van der Waals surface area contributed by atoms with Crippen molar-refractivity contribution in [2.75, 3.05) is 17.7 Å². The van der Waals surface area contributed by atoms with Gasteiger partial charge in [0.05, 0.1) is 17.5 Å². The molecule has 20 heavy (non-hydrogen) atoms. The van der Waals surface area contributed by atoms with Gasteiger partial charge in [-0.3, -0.25) is 0 Å². The van der Waals surface area contributed by atoms with E-state index in [4.69, 9.17) is 10.5 Å². The van der Waals surface area contributed by atoms with Crippen molar-refractivity contribution in [3.8, 4) is 5.75 Å². The maximum absolute atomic E-state index is 13.3. The highest BCUT2D eigenvalue weighted by atomic mass is 19.1. The Bertz CT molecular complexity index is 599. The van der Waals surface area contributed by atoms with Crippen LogP contribution in [0.15, 0.2) is 42.5 Å². The van der Waals surface area contributed by atoms with E-state index in [0.717, 1.165) is 11.4 Å². The SMILES string of the molecule is CC(C)Oc1cccc(N(C)c2cccc(F)c2)c1N. The summed E-state index contributed by atoms with van der Waals surface area (Å²) >= 11 is 0. The van der Waals surface area contributed by atoms with Crippen LogP contribution in [0.2, 0.25) is 0 Å². The topological polar surface area (TPSA) is 38.5 Å². The molecule has 0 spiro atoms. The number of halogens is 1. The average molecular weight is 274 g/mol. The van der Waals surface area contributed by atoms with Gasteiger partial charge in [-0.2, -0.15) is 0 Å². The van der Waals surface area contributed by atoms with Crippen molar-refractivity contribution in [3.05, 3.63) is 48.3 Å². The summed E-state index contributed by atoms with van der Waals surface area (Å²) in [5.41, 5.74) is 8.22. The number of nitrogens with two attached hydrogens (primary N) is 1. The van der Waals surface area contributed by atoms with Crippen molar-refractivity contribution in [2.24, 2.45) is 0 Å². The van der Waals surface area contributed by atoms with Gasteiger partial charge in [-0.1, -0.05) is 12.1 Å². The van der Waals surface area contributed by atoms with Crippen LogP contribution < -0.4 is 15.4 Å². The summed E-state index contributed by atoms with van der Waals surface area (Å²) in [6, 6.07) is 12.0. The molecule has 2 aromatic carbocycles. The maximum Gasteiger partial charge on any atom is 0.144 e. The molecule has 2 rings (SSSR count). The molecule has 0 heterocycles. The van der Waals surface area contributed by atoms with E-state index in [2.05, 4.69) is 0 Å². The lowest BCUT2D eigenvalue weighted by Crippen LogP contribution is -2.14. The van der Waals surface area contributed by atoms with Crippen LogP contribution >= 0.6 is 0 Å². The highest BCUT2D eigenvalue weighted by molar-refractivity contribution is 5.78. The Hall–Kier alpha value is -2.23. The van der Waals surface area contributed by atoms with Crippen LogP contribution in [0.25, 0.3) is 0 Å². The summed E-state index contributed by atoms with van der Waals surface area (Å²) in [5.74, 6) is 0.364. The molecule has 0 bridgehead atoms. The number of rotatable bonds is 4. The monoisotopic (exact) mass is 274 g/mol. The molecule has 0 aliphatic rings. The summed E-state index contributed by atoms with van der Waals surface area (Å²) in [4.78, 5) is 1.84. The fourth-order valence-corrected chi connectivity index (χ4v) is 2.01. The van der Waals surface area contributed by atoms with E-state index in [9.17, 15) is 4.39 Å². The molecular formula is C16H19FN2O. The van der Waals surface area contributed by atoms with Gasteiger partial charge in [0.1, 0.15) is 11.6 Å². The molecule has 0 fully saturated rings. The lowest BCUT2D eigenvalue weighted by atomic mass is 10.2. The molecule has 0 radical (unpaired) electrons. The van der Waals surface area contributed by atoms with Crippen molar-refractivity contribution in [3.63, 3.8) is 0 Å². The molecule has 2 N–H and O–H groups in total. The lowest BCUT2D eigenvalue weighted by molar-refractivity contribution is 0.244. The van der Waals surface area contributed by atoms with Crippen molar-refractivity contribution < 1.29 is 9.13 Å². The van der Waals surface area contributed by atoms with Gasteiger partial charge in [0, 0.05) is 12.7 Å². The highest BCUT2D eigenvalue weighted by Crippen LogP contribution is 2.35. The number of para-hydroxylation sites is 1. The van der Waals surface area contributed by atoms with E-state index < -0.39 is 0 Å². The first-order valence-electron chi connectivity index (χ1n) is 6.53. The number of ether oxygens (including phenoxy) is 1. The summed E-state index contributed by atoms with van der Waals surface area (Å²) < 4.78 is 19.0. The van der Waals surface area contributed by atoms with Crippen LogP contribution in [0, 0.1) is 5.82 Å². The average Bonchev–Trinajstić information content (AvgIpc) is 2.40. The first kappa shape index (κ1) is 14.2. The van der Waals surface area contributed by atoms with Crippen LogP contribution in [0.3, 0.4) is 0 Å². The summed E-state index contributed by atoms with van der Waals surface area (Å²) in [6.07, 6.45) is 0.0482. The molecule has 0 aromatic heterocycles. The molecule has 3 nitrogen and oxygen atoms in total. The predicted molar refractivity (Wildman–Crippen MR) is 81.1 cm³/mol. The quantitative estimate of drug-likeness (QED) is 0.857. The summed E-state index contributed by atoms with van der Waals surface area (Å²) in [7, 11) is 1.85. The van der Waals surface area contributed by atoms with E-state index in [0.29, 0.717) is 11.4 Å². The van der Waals surface area contributed by atoms with Crippen LogP contribution in [0.5, 0.6) is 5.75 Å². The largest absolute Gasteiger partial charge is 0.489 e. The van der Waals surface area contributed by atoms with E-state index in [1.807, 2.05) is 50.1 Å². The minimum absolute atomic E-state index is 0.0482. The zero-order valence-electron chi connectivity index (χ0n) is 11.9. The van der Waals surface area contributed by atoms with Gasteiger partial charge in [0.15, 0.2) is 0 Å². The number of nitrogens with zero attached hydrogens (tertiary/aromatic N) is 1. The number of hydrogen-bond donors (Lipinski definition) is 1. The zero-order chi connectivity index (χ0) is 14.7. The van der Waals surface area contributed by atoms with Crippen LogP contribution in [-0.2, 0) is 0 Å². The smallest absolute Gasteiger partial charge is 0.144 e. The summed E-state index contributed by atoms with van der Waals surface area (Å²) in [5, 5.41) is 0. The molecule has 0 aliphatic carbocycles. The van der Waals surface area contributed by atoms with Crippen molar-refractivity contribution >= 4 is 17.1 Å². The van der Waals surface area contributed by atoms with Gasteiger partial charge < -0.3 is 15.4 Å². The fraction of sp³-hybridized carbons (Fsp3) is 0.250. The van der Waals surface area contributed by atoms with Gasteiger partial charge in [0.2, 0.25) is 0 Å². The summed E-state index contributed by atoms with van der Waals surface area (Å²) in [6.45, 7) is 3.89. The van der Waals surface area contributed by atoms with Gasteiger partial charge in [-0.15, -0.1) is 0 Å². The van der Waals surface area contributed by atoms with Crippen LogP contribution in [-0.4, -0.2) is 13.2 Å². The lowest BCUT2D eigenvalue weighted by Gasteiger charge is -2.23. The predicted octanol–water partition coefficient (Wildman–Crippen LogP) is 3.96. The molecular weight excluding hydrogens is 255 g/mol. The second-order valence-corrected chi connectivity index (χ2v) is 4.89. The Morgan fingerprint density at radius 1 is 1.15 bits per heavy atom. The Morgan fingerprint density at radius 2 is 1.85 bits per heavy atom. The number of anilines is 3. The van der Waals surface area contributed by atoms with E-state index >= 15 is 0 Å². The first-order valence-corrected chi connectivity index (χ1v) is 6.53. The number of benzene rings is 2. The molecule has 0 atom stereocenters. The first-order chi connectivity index (χ1) is 9.49. The number of hydrogen-bond acceptors (Lipinski definition) is 3. The molecule has 0 saturated carbocycles. The van der Waals surface area contributed by atoms with Crippen LogP contribution in [0.4, 0.5) is 21.5 Å². The zero-order valence-corrected chi connectivity index (χ0v) is 11.9. The third kappa shape index (κ3) is 3.02. The molecule has 106 valence electrons. The third-order valence-electron chi connectivity index (χ3n) is 2.96. The van der Waals surface area contributed by atoms with Crippen molar-refractivity contribution in [2.45, 2.75) is 20.0 Å². The minimum atomic E-state index is -0.275. The molecule has 4 heteroatoms. The molecule has 0 aliphatic heterocycles. The third-order valence-corrected chi connectivity index (χ3v) is 2.96. The Morgan fingerprint density at radius 3 is 2.50 bits per heavy atom. The number of nitrogen functional groups attached to an aromatic ring is 1. The molecule has 0 saturated heterocycles. The Labute approximate surface area is 118 Å². The second kappa shape index (κ2) is 5.82. The normalized spacial score (nSPS) is 10.7. The van der Waals surface area contributed by atoms with E-state index in [-0.39, 0.29) is 11.9 Å². The Kier molecular flexibility index (Phi) is 4.13. The fourth-order valence-electron chi connectivity index (χ4n) is 2.01. The Balaban J connectivity index is 2.37. The van der Waals surface area contributed by atoms with E-state index in [1.54, 1.807) is 6.07 Å². The molecule has 2 aromatic rings. The second-order valence-electron chi connectivity index (χ2n) is 4.89. The maximum atomic E-state index is 13.3. The highest BCUT2D eigenvalue weighted by Gasteiger charge is 2.12. The molecule has 0 amide bonds. The molecule has 0 unspecified atom stereocenters. The standard InChI is InChI=1S/C16H19FN2O/c1-11(2)20-15-9-5-8-14(16(15)18)19(3)13-7-4-6-12(17)10-13/h4-11H,18H2,1-3H3. The van der Waals surface area contributed by atoms with Gasteiger partial charge in [0.25, 0.3) is 0 Å². The van der Waals surface area contributed by atoms with Crippen molar-refractivity contribution in [1.29, 1.82) is 0 Å². The van der Waals surface area contributed by atoms with Crippen LogP contribution in [0.1, 0.15) is 13.8 Å². The van der Waals surface area contributed by atoms with Gasteiger partial charge in [-0.05, 0) is 44.2 Å². The van der Waals surface area contributed by atoms with Crippen molar-refractivity contribution in [1.82, 2.24) is 0 Å². The van der Waals surface area contributed by atoms with E-state index in [1.165, 1.54) is 12.1 Å².